The van der Waals surface area contributed by atoms with Gasteiger partial charge in [0.1, 0.15) is 10.7 Å². The molecule has 0 radical (unpaired) electrons. The molecule has 1 aromatic heterocycles. The number of sulfonamides is 1. The standard InChI is InChI=1S/C11H11ClFN3O2S/c12-7-1-8(13)3-9(2-7)16-19(17,18)11-4-10(5-14)15-6-11/h1-4,6,15-16H,5,14H2. The smallest absolute Gasteiger partial charge is 0.263 e. The molecule has 5 nitrogen and oxygen atoms in total. The first-order chi connectivity index (χ1) is 8.90. The van der Waals surface area contributed by atoms with E-state index in [1.54, 1.807) is 0 Å². The molecule has 0 saturated heterocycles. The molecule has 1 heterocycles. The zero-order valence-electron chi connectivity index (χ0n) is 9.65. The van der Waals surface area contributed by atoms with E-state index >= 15 is 0 Å². The molecular formula is C11H11ClFN3O2S. The van der Waals surface area contributed by atoms with Crippen molar-refractivity contribution in [1.82, 2.24) is 4.98 Å². The highest BCUT2D eigenvalue weighted by atomic mass is 35.5. The predicted molar refractivity (Wildman–Crippen MR) is 70.9 cm³/mol. The Morgan fingerprint density at radius 1 is 1.32 bits per heavy atom. The fourth-order valence-corrected chi connectivity index (χ4v) is 2.80. The van der Waals surface area contributed by atoms with Crippen molar-refractivity contribution >= 4 is 27.3 Å². The van der Waals surface area contributed by atoms with Crippen LogP contribution in [0.25, 0.3) is 0 Å². The van der Waals surface area contributed by atoms with Crippen molar-refractivity contribution in [3.63, 3.8) is 0 Å². The van der Waals surface area contributed by atoms with Crippen molar-refractivity contribution in [2.75, 3.05) is 4.72 Å². The van der Waals surface area contributed by atoms with Gasteiger partial charge in [-0.05, 0) is 24.3 Å². The van der Waals surface area contributed by atoms with Crippen LogP contribution in [0.4, 0.5) is 10.1 Å². The molecule has 2 rings (SSSR count). The number of hydrogen-bond donors (Lipinski definition) is 3. The lowest BCUT2D eigenvalue weighted by Crippen LogP contribution is -2.12. The highest BCUT2D eigenvalue weighted by Gasteiger charge is 2.16. The Balaban J connectivity index is 2.30. The van der Waals surface area contributed by atoms with E-state index in [0.29, 0.717) is 5.69 Å². The van der Waals surface area contributed by atoms with Crippen molar-refractivity contribution in [2.45, 2.75) is 11.4 Å². The minimum atomic E-state index is -3.80. The second-order valence-corrected chi connectivity index (χ2v) is 5.95. The maximum Gasteiger partial charge on any atom is 0.263 e. The fourth-order valence-electron chi connectivity index (χ4n) is 1.52. The van der Waals surface area contributed by atoms with Gasteiger partial charge in [-0.2, -0.15) is 0 Å². The molecule has 0 spiro atoms. The third-order valence-electron chi connectivity index (χ3n) is 2.36. The Morgan fingerprint density at radius 3 is 2.63 bits per heavy atom. The van der Waals surface area contributed by atoms with E-state index in [-0.39, 0.29) is 22.2 Å². The lowest BCUT2D eigenvalue weighted by atomic mass is 10.3. The zero-order chi connectivity index (χ0) is 14.0. The summed E-state index contributed by atoms with van der Waals surface area (Å²) >= 11 is 5.65. The van der Waals surface area contributed by atoms with Gasteiger partial charge in [0.05, 0.1) is 5.69 Å². The lowest BCUT2D eigenvalue weighted by Gasteiger charge is -2.06. The molecule has 102 valence electrons. The Kier molecular flexibility index (Phi) is 3.79. The average molecular weight is 304 g/mol. The summed E-state index contributed by atoms with van der Waals surface area (Å²) in [5.41, 5.74) is 6.02. The number of benzene rings is 1. The Labute approximate surface area is 114 Å². The molecule has 8 heteroatoms. The maximum absolute atomic E-state index is 13.1. The van der Waals surface area contributed by atoms with Gasteiger partial charge < -0.3 is 10.7 Å². The molecule has 0 amide bonds. The molecule has 0 aliphatic heterocycles. The summed E-state index contributed by atoms with van der Waals surface area (Å²) in [6, 6.07) is 4.85. The van der Waals surface area contributed by atoms with Crippen LogP contribution in [0.15, 0.2) is 35.4 Å². The highest BCUT2D eigenvalue weighted by molar-refractivity contribution is 7.92. The topological polar surface area (TPSA) is 88.0 Å². The normalized spacial score (nSPS) is 11.5. The maximum atomic E-state index is 13.1. The van der Waals surface area contributed by atoms with Gasteiger partial charge in [-0.3, -0.25) is 4.72 Å². The second kappa shape index (κ2) is 5.20. The largest absolute Gasteiger partial charge is 0.363 e. The number of aromatic nitrogens is 1. The van der Waals surface area contributed by atoms with Crippen LogP contribution >= 0.6 is 11.6 Å². The molecule has 0 atom stereocenters. The minimum absolute atomic E-state index is 0.0216. The first-order valence-electron chi connectivity index (χ1n) is 5.27. The zero-order valence-corrected chi connectivity index (χ0v) is 11.2. The number of H-pyrrole nitrogens is 1. The second-order valence-electron chi connectivity index (χ2n) is 3.83. The van der Waals surface area contributed by atoms with Crippen molar-refractivity contribution < 1.29 is 12.8 Å². The molecule has 0 saturated carbocycles. The average Bonchev–Trinajstić information content (AvgIpc) is 2.75. The first kappa shape index (κ1) is 13.9. The van der Waals surface area contributed by atoms with E-state index in [2.05, 4.69) is 9.71 Å². The SMILES string of the molecule is NCc1cc(S(=O)(=O)Nc2cc(F)cc(Cl)c2)c[nH]1. The fraction of sp³-hybridized carbons (Fsp3) is 0.0909. The van der Waals surface area contributed by atoms with Crippen molar-refractivity contribution in [1.29, 1.82) is 0 Å². The first-order valence-corrected chi connectivity index (χ1v) is 7.13. The van der Waals surface area contributed by atoms with Gasteiger partial charge in [0.25, 0.3) is 10.0 Å². The minimum Gasteiger partial charge on any atom is -0.363 e. The van der Waals surface area contributed by atoms with E-state index in [0.717, 1.165) is 12.1 Å². The van der Waals surface area contributed by atoms with Crippen LogP contribution in [-0.2, 0) is 16.6 Å². The third kappa shape index (κ3) is 3.25. The van der Waals surface area contributed by atoms with Crippen LogP contribution in [-0.4, -0.2) is 13.4 Å². The van der Waals surface area contributed by atoms with Crippen LogP contribution in [0.2, 0.25) is 5.02 Å². The molecule has 0 fully saturated rings. The highest BCUT2D eigenvalue weighted by Crippen LogP contribution is 2.21. The van der Waals surface area contributed by atoms with E-state index in [4.69, 9.17) is 17.3 Å². The van der Waals surface area contributed by atoms with Gasteiger partial charge in [0.2, 0.25) is 0 Å². The number of nitrogens with one attached hydrogen (secondary N) is 2. The number of nitrogens with two attached hydrogens (primary N) is 1. The van der Waals surface area contributed by atoms with Gasteiger partial charge >= 0.3 is 0 Å². The Hall–Kier alpha value is -1.57. The van der Waals surface area contributed by atoms with Crippen LogP contribution in [0.5, 0.6) is 0 Å². The van der Waals surface area contributed by atoms with Gasteiger partial charge in [0, 0.05) is 23.5 Å². The third-order valence-corrected chi connectivity index (χ3v) is 3.94. The van der Waals surface area contributed by atoms with E-state index < -0.39 is 15.8 Å². The lowest BCUT2D eigenvalue weighted by molar-refractivity contribution is 0.601. The quantitative estimate of drug-likeness (QED) is 0.808. The van der Waals surface area contributed by atoms with E-state index in [1.165, 1.54) is 18.3 Å². The van der Waals surface area contributed by atoms with E-state index in [1.807, 2.05) is 0 Å². The number of hydrogen-bond acceptors (Lipinski definition) is 3. The Morgan fingerprint density at radius 2 is 2.05 bits per heavy atom. The number of rotatable bonds is 4. The molecule has 19 heavy (non-hydrogen) atoms. The van der Waals surface area contributed by atoms with Crippen LogP contribution in [0.1, 0.15) is 5.69 Å². The Bertz CT molecular complexity index is 679. The summed E-state index contributed by atoms with van der Waals surface area (Å²) in [4.78, 5) is 2.75. The molecule has 0 aliphatic carbocycles. The summed E-state index contributed by atoms with van der Waals surface area (Å²) in [6.45, 7) is 0.196. The summed E-state index contributed by atoms with van der Waals surface area (Å²) in [7, 11) is -3.80. The molecule has 0 aliphatic rings. The number of halogens is 2. The molecule has 4 N–H and O–H groups in total. The predicted octanol–water partition coefficient (Wildman–Crippen LogP) is 2.07. The molecule has 0 bridgehead atoms. The summed E-state index contributed by atoms with van der Waals surface area (Å²) in [5.74, 6) is -0.623. The summed E-state index contributed by atoms with van der Waals surface area (Å²) in [5, 5.41) is 0.106. The molecule has 0 unspecified atom stereocenters. The molecule has 2 aromatic rings. The van der Waals surface area contributed by atoms with Crippen molar-refractivity contribution in [3.05, 3.63) is 47.0 Å². The van der Waals surface area contributed by atoms with Gasteiger partial charge in [-0.1, -0.05) is 11.6 Å². The van der Waals surface area contributed by atoms with Gasteiger partial charge in [-0.15, -0.1) is 0 Å². The monoisotopic (exact) mass is 303 g/mol. The molecular weight excluding hydrogens is 293 g/mol. The summed E-state index contributed by atoms with van der Waals surface area (Å²) < 4.78 is 39.4. The summed E-state index contributed by atoms with van der Waals surface area (Å²) in [6.07, 6.45) is 1.31. The van der Waals surface area contributed by atoms with Gasteiger partial charge in [-0.25, -0.2) is 12.8 Å². The van der Waals surface area contributed by atoms with Gasteiger partial charge in [0.15, 0.2) is 0 Å². The number of anilines is 1. The van der Waals surface area contributed by atoms with Crippen molar-refractivity contribution in [2.24, 2.45) is 5.73 Å². The van der Waals surface area contributed by atoms with Crippen LogP contribution in [0.3, 0.4) is 0 Å². The van der Waals surface area contributed by atoms with Crippen LogP contribution < -0.4 is 10.5 Å². The van der Waals surface area contributed by atoms with Crippen molar-refractivity contribution in [3.8, 4) is 0 Å². The van der Waals surface area contributed by atoms with Crippen LogP contribution in [0, 0.1) is 5.82 Å². The van der Waals surface area contributed by atoms with E-state index in [9.17, 15) is 12.8 Å². The molecule has 1 aromatic carbocycles. The number of aromatic amines is 1.